The van der Waals surface area contributed by atoms with Gasteiger partial charge in [-0.15, -0.1) is 0 Å². The molecule has 5 N–H and O–H groups in total. The molecular formula is C30H27F2N9O. The Hall–Kier alpha value is -5.52. The van der Waals surface area contributed by atoms with E-state index in [4.69, 9.17) is 0 Å². The number of anilines is 4. The SMILES string of the molecule is CC(C)(C)c1cc(NC(=O)Nc2cccc(Nc3ccc4c(-c5cn[nH]c5)n[nH]c4c3)c2)n(-c2cc(F)cc(F)c2)n1. The highest BCUT2D eigenvalue weighted by Crippen LogP contribution is 2.30. The molecule has 0 bridgehead atoms. The van der Waals surface area contributed by atoms with Crippen molar-refractivity contribution >= 4 is 39.8 Å². The van der Waals surface area contributed by atoms with Gasteiger partial charge in [0.2, 0.25) is 0 Å². The Kier molecular flexibility index (Phi) is 6.65. The molecule has 0 aliphatic heterocycles. The Morgan fingerprint density at radius 2 is 1.67 bits per heavy atom. The van der Waals surface area contributed by atoms with E-state index >= 15 is 0 Å². The van der Waals surface area contributed by atoms with E-state index in [0.29, 0.717) is 11.4 Å². The van der Waals surface area contributed by atoms with Crippen LogP contribution in [0.25, 0.3) is 27.8 Å². The highest BCUT2D eigenvalue weighted by molar-refractivity contribution is 6.00. The predicted octanol–water partition coefficient (Wildman–Crippen LogP) is 7.10. The van der Waals surface area contributed by atoms with E-state index < -0.39 is 17.7 Å². The largest absolute Gasteiger partial charge is 0.355 e. The molecule has 0 saturated carbocycles. The van der Waals surface area contributed by atoms with Crippen molar-refractivity contribution in [1.29, 1.82) is 0 Å². The van der Waals surface area contributed by atoms with Crippen LogP contribution in [0.15, 0.2) is 79.1 Å². The number of urea groups is 1. The van der Waals surface area contributed by atoms with E-state index in [1.54, 1.807) is 36.7 Å². The van der Waals surface area contributed by atoms with Crippen LogP contribution in [0.4, 0.5) is 36.5 Å². The number of amides is 2. The van der Waals surface area contributed by atoms with E-state index in [9.17, 15) is 13.6 Å². The van der Waals surface area contributed by atoms with Crippen molar-refractivity contribution in [3.05, 3.63) is 96.5 Å². The summed E-state index contributed by atoms with van der Waals surface area (Å²) in [5.74, 6) is -1.23. The second kappa shape index (κ2) is 10.5. The number of fused-ring (bicyclic) bond motifs is 1. The number of aromatic nitrogens is 6. The average molecular weight is 568 g/mol. The van der Waals surface area contributed by atoms with E-state index in [0.717, 1.165) is 51.7 Å². The Morgan fingerprint density at radius 1 is 0.905 bits per heavy atom. The third-order valence-corrected chi connectivity index (χ3v) is 6.55. The lowest BCUT2D eigenvalue weighted by Gasteiger charge is -2.14. The standard InChI is InChI=1S/C30H27F2N9O/c1-30(2,3)26-14-27(41(40-26)23-10-18(31)9-19(32)11-23)37-29(42)36-21-6-4-5-20(12-21)35-22-7-8-24-25(13-22)38-39-28(24)17-15-33-34-16-17/h4-16,35H,1-3H3,(H,33,34)(H,38,39)(H2,36,37,42). The molecule has 0 fully saturated rings. The number of benzene rings is 3. The van der Waals surface area contributed by atoms with Gasteiger partial charge < -0.3 is 10.6 Å². The van der Waals surface area contributed by atoms with Crippen molar-refractivity contribution in [3.63, 3.8) is 0 Å². The average Bonchev–Trinajstić information content (AvgIpc) is 3.68. The summed E-state index contributed by atoms with van der Waals surface area (Å²) in [4.78, 5) is 13.0. The van der Waals surface area contributed by atoms with Crippen molar-refractivity contribution < 1.29 is 13.6 Å². The summed E-state index contributed by atoms with van der Waals surface area (Å²) < 4.78 is 29.3. The molecule has 0 aliphatic rings. The zero-order valence-corrected chi connectivity index (χ0v) is 23.0. The molecule has 2 amide bonds. The minimum atomic E-state index is -0.748. The quantitative estimate of drug-likeness (QED) is 0.147. The molecule has 10 nitrogen and oxygen atoms in total. The second-order valence-electron chi connectivity index (χ2n) is 10.8. The van der Waals surface area contributed by atoms with Crippen LogP contribution in [-0.2, 0) is 5.41 Å². The van der Waals surface area contributed by atoms with Gasteiger partial charge >= 0.3 is 6.03 Å². The van der Waals surface area contributed by atoms with E-state index in [1.165, 1.54) is 4.68 Å². The fourth-order valence-electron chi connectivity index (χ4n) is 4.51. The van der Waals surface area contributed by atoms with Crippen molar-refractivity contribution in [2.24, 2.45) is 0 Å². The zero-order chi connectivity index (χ0) is 29.4. The van der Waals surface area contributed by atoms with Crippen molar-refractivity contribution in [2.75, 3.05) is 16.0 Å². The molecule has 12 heteroatoms. The maximum Gasteiger partial charge on any atom is 0.324 e. The van der Waals surface area contributed by atoms with E-state index in [2.05, 4.69) is 41.4 Å². The molecule has 0 radical (unpaired) electrons. The zero-order valence-electron chi connectivity index (χ0n) is 23.0. The normalized spacial score (nSPS) is 11.5. The number of nitrogens with one attached hydrogen (secondary N) is 5. The van der Waals surface area contributed by atoms with Crippen molar-refractivity contribution in [2.45, 2.75) is 26.2 Å². The smallest absolute Gasteiger partial charge is 0.324 e. The molecule has 0 unspecified atom stereocenters. The topological polar surface area (TPSA) is 128 Å². The van der Waals surface area contributed by atoms with Crippen LogP contribution in [-0.4, -0.2) is 36.2 Å². The first-order valence-electron chi connectivity index (χ1n) is 13.1. The molecule has 0 spiro atoms. The lowest BCUT2D eigenvalue weighted by molar-refractivity contribution is 0.262. The first-order chi connectivity index (χ1) is 20.1. The number of aromatic amines is 2. The molecule has 212 valence electrons. The van der Waals surface area contributed by atoms with Crippen LogP contribution >= 0.6 is 0 Å². The molecule has 42 heavy (non-hydrogen) atoms. The number of carbonyl (C=O) groups is 1. The Balaban J connectivity index is 1.19. The first kappa shape index (κ1) is 26.7. The van der Waals surface area contributed by atoms with Gasteiger partial charge in [-0.05, 0) is 48.5 Å². The summed E-state index contributed by atoms with van der Waals surface area (Å²) in [5, 5.41) is 28.6. The van der Waals surface area contributed by atoms with Gasteiger partial charge in [0.05, 0.1) is 23.1 Å². The van der Waals surface area contributed by atoms with Crippen LogP contribution in [0.2, 0.25) is 0 Å². The van der Waals surface area contributed by atoms with Gasteiger partial charge in [0.25, 0.3) is 0 Å². The second-order valence-corrected chi connectivity index (χ2v) is 10.8. The fraction of sp³-hybridized carbons (Fsp3) is 0.133. The molecule has 3 heterocycles. The van der Waals surface area contributed by atoms with Crippen LogP contribution < -0.4 is 16.0 Å². The van der Waals surface area contributed by atoms with Gasteiger partial charge in [0.1, 0.15) is 23.1 Å². The number of H-pyrrole nitrogens is 2. The van der Waals surface area contributed by atoms with Gasteiger partial charge in [0.15, 0.2) is 0 Å². The molecular weight excluding hydrogens is 540 g/mol. The molecule has 6 aromatic rings. The summed E-state index contributed by atoms with van der Waals surface area (Å²) >= 11 is 0. The van der Waals surface area contributed by atoms with Gasteiger partial charge in [-0.2, -0.15) is 15.3 Å². The number of hydrogen-bond donors (Lipinski definition) is 5. The molecule has 6 rings (SSSR count). The summed E-state index contributed by atoms with van der Waals surface area (Å²) in [6, 6.07) is 17.3. The fourth-order valence-corrected chi connectivity index (χ4v) is 4.51. The third kappa shape index (κ3) is 5.55. The number of nitrogens with zero attached hydrogens (tertiary/aromatic N) is 4. The van der Waals surface area contributed by atoms with E-state index in [-0.39, 0.29) is 16.9 Å². The van der Waals surface area contributed by atoms with Gasteiger partial charge in [0, 0.05) is 51.8 Å². The van der Waals surface area contributed by atoms with Gasteiger partial charge in [-0.1, -0.05) is 26.8 Å². The highest BCUT2D eigenvalue weighted by Gasteiger charge is 2.22. The predicted molar refractivity (Wildman–Crippen MR) is 158 cm³/mol. The monoisotopic (exact) mass is 567 g/mol. The summed E-state index contributed by atoms with van der Waals surface area (Å²) in [5.41, 5.74) is 5.07. The lowest BCUT2D eigenvalue weighted by Crippen LogP contribution is -2.21. The van der Waals surface area contributed by atoms with E-state index in [1.807, 2.05) is 45.0 Å². The van der Waals surface area contributed by atoms with Crippen molar-refractivity contribution in [1.82, 2.24) is 30.2 Å². The van der Waals surface area contributed by atoms with Gasteiger partial charge in [-0.3, -0.25) is 15.5 Å². The maximum atomic E-state index is 14.0. The van der Waals surface area contributed by atoms with Crippen molar-refractivity contribution in [3.8, 4) is 16.9 Å². The summed E-state index contributed by atoms with van der Waals surface area (Å²) in [6.45, 7) is 5.87. The minimum Gasteiger partial charge on any atom is -0.355 e. The Bertz CT molecular complexity index is 1880. The molecule has 3 aromatic heterocycles. The number of halogens is 2. The number of carbonyl (C=O) groups excluding carboxylic acids is 1. The van der Waals surface area contributed by atoms with Gasteiger partial charge in [-0.25, -0.2) is 18.3 Å². The van der Waals surface area contributed by atoms with Crippen LogP contribution in [0, 0.1) is 11.6 Å². The molecule has 0 aliphatic carbocycles. The molecule has 3 aromatic carbocycles. The third-order valence-electron chi connectivity index (χ3n) is 6.55. The highest BCUT2D eigenvalue weighted by atomic mass is 19.1. The lowest BCUT2D eigenvalue weighted by atomic mass is 9.92. The Labute approximate surface area is 239 Å². The number of hydrogen-bond acceptors (Lipinski definition) is 5. The molecule has 0 saturated heterocycles. The molecule has 0 atom stereocenters. The Morgan fingerprint density at radius 3 is 2.40 bits per heavy atom. The summed E-state index contributed by atoms with van der Waals surface area (Å²) in [7, 11) is 0. The minimum absolute atomic E-state index is 0.149. The summed E-state index contributed by atoms with van der Waals surface area (Å²) in [6.07, 6.45) is 3.50. The number of rotatable bonds is 6. The van der Waals surface area contributed by atoms with Crippen LogP contribution in [0.3, 0.4) is 0 Å². The van der Waals surface area contributed by atoms with Crippen LogP contribution in [0.1, 0.15) is 26.5 Å². The van der Waals surface area contributed by atoms with Crippen LogP contribution in [0.5, 0.6) is 0 Å². The first-order valence-corrected chi connectivity index (χ1v) is 13.1. The maximum absolute atomic E-state index is 14.0.